The Morgan fingerprint density at radius 3 is 2.76 bits per heavy atom. The summed E-state index contributed by atoms with van der Waals surface area (Å²) in [5.74, 6) is 0.292. The predicted molar refractivity (Wildman–Crippen MR) is 85.3 cm³/mol. The van der Waals surface area contributed by atoms with Crippen LogP contribution in [0.25, 0.3) is 10.9 Å². The van der Waals surface area contributed by atoms with Gasteiger partial charge in [-0.2, -0.15) is 0 Å². The quantitative estimate of drug-likeness (QED) is 0.936. The fourth-order valence-corrected chi connectivity index (χ4v) is 2.98. The number of aromatic amines is 1. The molecule has 0 unspecified atom stereocenters. The lowest BCUT2D eigenvalue weighted by molar-refractivity contribution is -0.132. The molecule has 1 aliphatic heterocycles. The highest BCUT2D eigenvalue weighted by Gasteiger charge is 2.19. The van der Waals surface area contributed by atoms with Crippen LogP contribution in [0.1, 0.15) is 18.9 Å². The number of amides is 1. The summed E-state index contributed by atoms with van der Waals surface area (Å²) in [5, 5.41) is 1.22. The maximum Gasteiger partial charge on any atom is 0.222 e. The summed E-state index contributed by atoms with van der Waals surface area (Å²) in [5.41, 5.74) is 2.39. The molecule has 1 aromatic carbocycles. The van der Waals surface area contributed by atoms with Crippen molar-refractivity contribution in [2.45, 2.75) is 19.8 Å². The molecule has 2 aromatic rings. The summed E-state index contributed by atoms with van der Waals surface area (Å²) in [7, 11) is 0. The van der Waals surface area contributed by atoms with Gasteiger partial charge in [0, 0.05) is 44.3 Å². The molecule has 1 fully saturated rings. The number of carbonyl (C=O) groups is 1. The van der Waals surface area contributed by atoms with Crippen LogP contribution in [0.15, 0.2) is 30.5 Å². The second-order valence-electron chi connectivity index (χ2n) is 5.71. The van der Waals surface area contributed by atoms with Crippen molar-refractivity contribution in [2.24, 2.45) is 0 Å². The van der Waals surface area contributed by atoms with Crippen LogP contribution < -0.4 is 0 Å². The Morgan fingerprint density at radius 1 is 1.19 bits per heavy atom. The Balaban J connectivity index is 1.53. The molecule has 3 rings (SSSR count). The lowest BCUT2D eigenvalue weighted by Gasteiger charge is -2.34. The summed E-state index contributed by atoms with van der Waals surface area (Å²) in [4.78, 5) is 19.9. The topological polar surface area (TPSA) is 39.3 Å². The Kier molecular flexibility index (Phi) is 4.25. The van der Waals surface area contributed by atoms with Crippen LogP contribution >= 0.6 is 0 Å². The minimum absolute atomic E-state index is 0.292. The number of hydrogen-bond acceptors (Lipinski definition) is 2. The first kappa shape index (κ1) is 14.1. The highest BCUT2D eigenvalue weighted by Crippen LogP contribution is 2.16. The molecule has 0 aliphatic carbocycles. The molecule has 0 bridgehead atoms. The fourth-order valence-electron chi connectivity index (χ4n) is 2.98. The van der Waals surface area contributed by atoms with Crippen LogP contribution in [-0.4, -0.2) is 53.4 Å². The number of aromatic nitrogens is 1. The zero-order valence-corrected chi connectivity index (χ0v) is 12.6. The fraction of sp³-hybridized carbons (Fsp3) is 0.471. The van der Waals surface area contributed by atoms with Crippen LogP contribution in [0.2, 0.25) is 0 Å². The zero-order chi connectivity index (χ0) is 14.7. The van der Waals surface area contributed by atoms with Gasteiger partial charge in [-0.1, -0.05) is 13.0 Å². The summed E-state index contributed by atoms with van der Waals surface area (Å²) in [6, 6.07) is 8.45. The van der Waals surface area contributed by atoms with E-state index in [2.05, 4.69) is 41.1 Å². The molecule has 1 saturated heterocycles. The number of piperazine rings is 1. The molecule has 1 aliphatic rings. The van der Waals surface area contributed by atoms with Crippen molar-refractivity contribution < 1.29 is 4.79 Å². The molecule has 4 nitrogen and oxygen atoms in total. The lowest BCUT2D eigenvalue weighted by Crippen LogP contribution is -2.48. The number of aryl methyl sites for hydroxylation is 1. The van der Waals surface area contributed by atoms with E-state index in [0.29, 0.717) is 12.3 Å². The number of benzene rings is 1. The van der Waals surface area contributed by atoms with Crippen molar-refractivity contribution >= 4 is 16.8 Å². The Bertz CT molecular complexity index is 611. The molecular weight excluding hydrogens is 262 g/mol. The number of rotatable bonds is 4. The normalized spacial score (nSPS) is 16.5. The van der Waals surface area contributed by atoms with E-state index < -0.39 is 0 Å². The predicted octanol–water partition coefficient (Wildman–Crippen LogP) is 2.26. The first-order valence-corrected chi connectivity index (χ1v) is 7.82. The Morgan fingerprint density at radius 2 is 2.00 bits per heavy atom. The number of nitrogens with one attached hydrogen (secondary N) is 1. The Hall–Kier alpha value is -1.81. The number of H-pyrrole nitrogens is 1. The van der Waals surface area contributed by atoms with E-state index in [1.807, 2.05) is 11.1 Å². The van der Waals surface area contributed by atoms with Gasteiger partial charge in [0.1, 0.15) is 0 Å². The molecule has 0 radical (unpaired) electrons. The third-order valence-corrected chi connectivity index (χ3v) is 4.42. The van der Waals surface area contributed by atoms with Crippen LogP contribution in [0, 0.1) is 0 Å². The largest absolute Gasteiger partial charge is 0.361 e. The van der Waals surface area contributed by atoms with E-state index in [-0.39, 0.29) is 0 Å². The number of likely N-dealkylation sites (N-methyl/N-ethyl adjacent to an activating group) is 1. The van der Waals surface area contributed by atoms with E-state index in [9.17, 15) is 4.79 Å². The van der Waals surface area contributed by atoms with Gasteiger partial charge in [0.15, 0.2) is 0 Å². The standard InChI is InChI=1S/C17H23N3O/c1-2-19-9-11-20(12-10-19)17(21)6-4-14-3-5-16-15(13-14)7-8-18-16/h3,5,7-8,13,18H,2,4,6,9-12H2,1H3. The second-order valence-corrected chi connectivity index (χ2v) is 5.71. The SMILES string of the molecule is CCN1CCN(C(=O)CCc2ccc3[nH]ccc3c2)CC1. The molecule has 1 amide bonds. The van der Waals surface area contributed by atoms with Gasteiger partial charge in [-0.3, -0.25) is 4.79 Å². The first-order chi connectivity index (χ1) is 10.3. The molecule has 2 heterocycles. The van der Waals surface area contributed by atoms with Crippen LogP contribution in [0.4, 0.5) is 0 Å². The third-order valence-electron chi connectivity index (χ3n) is 4.42. The zero-order valence-electron chi connectivity index (χ0n) is 12.6. The van der Waals surface area contributed by atoms with Crippen molar-refractivity contribution in [1.29, 1.82) is 0 Å². The maximum atomic E-state index is 12.3. The minimum Gasteiger partial charge on any atom is -0.361 e. The monoisotopic (exact) mass is 285 g/mol. The first-order valence-electron chi connectivity index (χ1n) is 7.82. The van der Waals surface area contributed by atoms with E-state index in [4.69, 9.17) is 0 Å². The van der Waals surface area contributed by atoms with Gasteiger partial charge in [0.05, 0.1) is 0 Å². The lowest BCUT2D eigenvalue weighted by atomic mass is 10.1. The van der Waals surface area contributed by atoms with Crippen LogP contribution in [0.3, 0.4) is 0 Å². The number of fused-ring (bicyclic) bond motifs is 1. The molecule has 4 heteroatoms. The average Bonchev–Trinajstić information content (AvgIpc) is 3.00. The minimum atomic E-state index is 0.292. The smallest absolute Gasteiger partial charge is 0.222 e. The van der Waals surface area contributed by atoms with Gasteiger partial charge < -0.3 is 14.8 Å². The second kappa shape index (κ2) is 6.31. The molecule has 1 aromatic heterocycles. The molecular formula is C17H23N3O. The van der Waals surface area contributed by atoms with Crippen molar-refractivity contribution in [1.82, 2.24) is 14.8 Å². The van der Waals surface area contributed by atoms with Crippen molar-refractivity contribution in [3.63, 3.8) is 0 Å². The van der Waals surface area contributed by atoms with Crippen molar-refractivity contribution in [2.75, 3.05) is 32.7 Å². The highest BCUT2D eigenvalue weighted by atomic mass is 16.2. The molecule has 0 atom stereocenters. The molecule has 1 N–H and O–H groups in total. The highest BCUT2D eigenvalue weighted by molar-refractivity contribution is 5.80. The number of hydrogen-bond donors (Lipinski definition) is 1. The Labute approximate surface area is 125 Å². The molecule has 112 valence electrons. The van der Waals surface area contributed by atoms with E-state index in [1.165, 1.54) is 10.9 Å². The molecule has 0 saturated carbocycles. The van der Waals surface area contributed by atoms with Gasteiger partial charge in [-0.15, -0.1) is 0 Å². The van der Waals surface area contributed by atoms with Gasteiger partial charge in [-0.25, -0.2) is 0 Å². The molecule has 0 spiro atoms. The van der Waals surface area contributed by atoms with Crippen molar-refractivity contribution in [3.05, 3.63) is 36.0 Å². The number of carbonyl (C=O) groups excluding carboxylic acids is 1. The summed E-state index contributed by atoms with van der Waals surface area (Å²) < 4.78 is 0. The summed E-state index contributed by atoms with van der Waals surface area (Å²) >= 11 is 0. The number of nitrogens with zero attached hydrogens (tertiary/aromatic N) is 2. The maximum absolute atomic E-state index is 12.3. The van der Waals surface area contributed by atoms with E-state index >= 15 is 0 Å². The van der Waals surface area contributed by atoms with Crippen LogP contribution in [-0.2, 0) is 11.2 Å². The molecule has 21 heavy (non-hydrogen) atoms. The van der Waals surface area contributed by atoms with E-state index in [1.54, 1.807) is 0 Å². The average molecular weight is 285 g/mol. The summed E-state index contributed by atoms with van der Waals surface area (Å²) in [6.07, 6.45) is 3.39. The van der Waals surface area contributed by atoms with Gasteiger partial charge in [-0.05, 0) is 42.1 Å². The van der Waals surface area contributed by atoms with Crippen LogP contribution in [0.5, 0.6) is 0 Å². The van der Waals surface area contributed by atoms with Gasteiger partial charge in [0.2, 0.25) is 5.91 Å². The van der Waals surface area contributed by atoms with Gasteiger partial charge >= 0.3 is 0 Å². The van der Waals surface area contributed by atoms with Gasteiger partial charge in [0.25, 0.3) is 0 Å². The third kappa shape index (κ3) is 3.27. The van der Waals surface area contributed by atoms with Crippen molar-refractivity contribution in [3.8, 4) is 0 Å². The summed E-state index contributed by atoms with van der Waals surface area (Å²) in [6.45, 7) is 7.04. The van der Waals surface area contributed by atoms with E-state index in [0.717, 1.165) is 44.7 Å².